The number of hydrogen-bond donors (Lipinski definition) is 1. The zero-order valence-electron chi connectivity index (χ0n) is 7.89. The Labute approximate surface area is 81.9 Å². The SMILES string of the molecule is Nc1cc(F)c(C2CCCC2)cc1F. The highest BCUT2D eigenvalue weighted by atomic mass is 19.1. The molecule has 1 aliphatic carbocycles. The van der Waals surface area contributed by atoms with Gasteiger partial charge in [-0.25, -0.2) is 8.78 Å². The molecule has 3 heteroatoms. The fourth-order valence-corrected chi connectivity index (χ4v) is 2.13. The molecule has 2 N–H and O–H groups in total. The van der Waals surface area contributed by atoms with Crippen molar-refractivity contribution in [3.8, 4) is 0 Å². The largest absolute Gasteiger partial charge is 0.396 e. The molecule has 0 bridgehead atoms. The summed E-state index contributed by atoms with van der Waals surface area (Å²) in [6.45, 7) is 0. The zero-order valence-corrected chi connectivity index (χ0v) is 7.89. The average molecular weight is 197 g/mol. The highest BCUT2D eigenvalue weighted by molar-refractivity contribution is 5.43. The molecule has 0 atom stereocenters. The quantitative estimate of drug-likeness (QED) is 0.687. The lowest BCUT2D eigenvalue weighted by molar-refractivity contribution is 0.563. The Morgan fingerprint density at radius 1 is 1.07 bits per heavy atom. The van der Waals surface area contributed by atoms with Gasteiger partial charge in [0.05, 0.1) is 5.69 Å². The van der Waals surface area contributed by atoms with Gasteiger partial charge in [0.15, 0.2) is 0 Å². The summed E-state index contributed by atoms with van der Waals surface area (Å²) in [7, 11) is 0. The lowest BCUT2D eigenvalue weighted by Gasteiger charge is -2.11. The molecule has 0 heterocycles. The van der Waals surface area contributed by atoms with Crippen LogP contribution in [0, 0.1) is 11.6 Å². The highest BCUT2D eigenvalue weighted by Gasteiger charge is 2.21. The maximum Gasteiger partial charge on any atom is 0.146 e. The second-order valence-corrected chi connectivity index (χ2v) is 3.88. The van der Waals surface area contributed by atoms with Crippen molar-refractivity contribution < 1.29 is 8.78 Å². The normalized spacial score (nSPS) is 17.6. The van der Waals surface area contributed by atoms with E-state index in [4.69, 9.17) is 5.73 Å². The zero-order chi connectivity index (χ0) is 10.1. The molecule has 1 aliphatic rings. The van der Waals surface area contributed by atoms with E-state index in [2.05, 4.69) is 0 Å². The predicted molar refractivity (Wildman–Crippen MR) is 52.0 cm³/mol. The Morgan fingerprint density at radius 3 is 2.36 bits per heavy atom. The van der Waals surface area contributed by atoms with Gasteiger partial charge in [0.1, 0.15) is 11.6 Å². The van der Waals surface area contributed by atoms with Crippen molar-refractivity contribution in [1.82, 2.24) is 0 Å². The maximum atomic E-state index is 13.4. The third kappa shape index (κ3) is 1.59. The van der Waals surface area contributed by atoms with Crippen LogP contribution in [0.1, 0.15) is 37.2 Å². The van der Waals surface area contributed by atoms with Gasteiger partial charge in [0, 0.05) is 6.07 Å². The molecule has 14 heavy (non-hydrogen) atoms. The number of hydrogen-bond acceptors (Lipinski definition) is 1. The van der Waals surface area contributed by atoms with Gasteiger partial charge in [-0.05, 0) is 30.4 Å². The summed E-state index contributed by atoms with van der Waals surface area (Å²) in [6.07, 6.45) is 4.13. The van der Waals surface area contributed by atoms with Gasteiger partial charge in [-0.15, -0.1) is 0 Å². The van der Waals surface area contributed by atoms with Gasteiger partial charge < -0.3 is 5.73 Å². The minimum Gasteiger partial charge on any atom is -0.396 e. The summed E-state index contributed by atoms with van der Waals surface area (Å²) in [4.78, 5) is 0. The first-order valence-corrected chi connectivity index (χ1v) is 4.93. The lowest BCUT2D eigenvalue weighted by atomic mass is 9.97. The molecule has 2 rings (SSSR count). The highest BCUT2D eigenvalue weighted by Crippen LogP contribution is 2.36. The Hall–Kier alpha value is -1.12. The van der Waals surface area contributed by atoms with E-state index in [-0.39, 0.29) is 17.4 Å². The third-order valence-electron chi connectivity index (χ3n) is 2.91. The van der Waals surface area contributed by atoms with Crippen LogP contribution in [0.25, 0.3) is 0 Å². The van der Waals surface area contributed by atoms with E-state index < -0.39 is 5.82 Å². The molecule has 1 aromatic rings. The molecule has 1 nitrogen and oxygen atoms in total. The first-order valence-electron chi connectivity index (χ1n) is 4.93. The molecule has 0 radical (unpaired) electrons. The smallest absolute Gasteiger partial charge is 0.146 e. The summed E-state index contributed by atoms with van der Waals surface area (Å²) in [6, 6.07) is 2.34. The molecule has 0 spiro atoms. The van der Waals surface area contributed by atoms with E-state index >= 15 is 0 Å². The second kappa shape index (κ2) is 3.56. The number of anilines is 1. The Bertz CT molecular complexity index is 343. The minimum absolute atomic E-state index is 0.107. The van der Waals surface area contributed by atoms with Gasteiger partial charge in [-0.2, -0.15) is 0 Å². The molecule has 0 aliphatic heterocycles. The van der Waals surface area contributed by atoms with Crippen LogP contribution in [-0.2, 0) is 0 Å². The number of nitrogens with two attached hydrogens (primary N) is 1. The molecule has 76 valence electrons. The summed E-state index contributed by atoms with van der Waals surface area (Å²) in [5, 5.41) is 0. The van der Waals surface area contributed by atoms with Crippen molar-refractivity contribution in [2.24, 2.45) is 0 Å². The van der Waals surface area contributed by atoms with Crippen LogP contribution in [0.4, 0.5) is 14.5 Å². The van der Waals surface area contributed by atoms with Crippen molar-refractivity contribution in [3.05, 3.63) is 29.3 Å². The maximum absolute atomic E-state index is 13.4. The van der Waals surface area contributed by atoms with E-state index in [9.17, 15) is 8.78 Å². The van der Waals surface area contributed by atoms with Gasteiger partial charge in [-0.3, -0.25) is 0 Å². The van der Waals surface area contributed by atoms with E-state index in [1.807, 2.05) is 0 Å². The van der Waals surface area contributed by atoms with E-state index in [1.165, 1.54) is 6.07 Å². The Morgan fingerprint density at radius 2 is 1.71 bits per heavy atom. The molecule has 0 aromatic heterocycles. The standard InChI is InChI=1S/C11H13F2N/c12-9-6-11(14)10(13)5-8(9)7-3-1-2-4-7/h5-7H,1-4,14H2. The fraction of sp³-hybridized carbons (Fsp3) is 0.455. The van der Waals surface area contributed by atoms with Gasteiger partial charge in [0.25, 0.3) is 0 Å². The first-order chi connectivity index (χ1) is 6.68. The van der Waals surface area contributed by atoms with Gasteiger partial charge in [-0.1, -0.05) is 12.8 Å². The Balaban J connectivity index is 2.37. The molecule has 0 amide bonds. The summed E-state index contributed by atoms with van der Waals surface area (Å²) >= 11 is 0. The second-order valence-electron chi connectivity index (χ2n) is 3.88. The molecule has 1 aromatic carbocycles. The van der Waals surface area contributed by atoms with Crippen LogP contribution < -0.4 is 5.73 Å². The topological polar surface area (TPSA) is 26.0 Å². The van der Waals surface area contributed by atoms with E-state index in [1.54, 1.807) is 0 Å². The lowest BCUT2D eigenvalue weighted by Crippen LogP contribution is -2.01. The van der Waals surface area contributed by atoms with Crippen molar-refractivity contribution in [3.63, 3.8) is 0 Å². The number of benzene rings is 1. The fourth-order valence-electron chi connectivity index (χ4n) is 2.13. The molecule has 0 unspecified atom stereocenters. The monoisotopic (exact) mass is 197 g/mol. The molecule has 1 fully saturated rings. The van der Waals surface area contributed by atoms with Crippen LogP contribution in [-0.4, -0.2) is 0 Å². The predicted octanol–water partition coefficient (Wildman–Crippen LogP) is 3.20. The van der Waals surface area contributed by atoms with Crippen molar-refractivity contribution in [2.75, 3.05) is 5.73 Å². The minimum atomic E-state index is -0.506. The number of halogens is 2. The third-order valence-corrected chi connectivity index (χ3v) is 2.91. The van der Waals surface area contributed by atoms with E-state index in [0.29, 0.717) is 5.56 Å². The molecular formula is C11H13F2N. The molecular weight excluding hydrogens is 184 g/mol. The van der Waals surface area contributed by atoms with Crippen LogP contribution in [0.5, 0.6) is 0 Å². The summed E-state index contributed by atoms with van der Waals surface area (Å²) in [5.74, 6) is -0.686. The molecule has 0 saturated heterocycles. The van der Waals surface area contributed by atoms with E-state index in [0.717, 1.165) is 31.7 Å². The summed E-state index contributed by atoms with van der Waals surface area (Å²) < 4.78 is 26.6. The van der Waals surface area contributed by atoms with Crippen LogP contribution in [0.3, 0.4) is 0 Å². The number of nitrogen functional groups attached to an aromatic ring is 1. The van der Waals surface area contributed by atoms with Crippen LogP contribution >= 0.6 is 0 Å². The van der Waals surface area contributed by atoms with Crippen LogP contribution in [0.2, 0.25) is 0 Å². The average Bonchev–Trinajstić information content (AvgIpc) is 2.64. The first kappa shape index (κ1) is 9.44. The van der Waals surface area contributed by atoms with Crippen LogP contribution in [0.15, 0.2) is 12.1 Å². The van der Waals surface area contributed by atoms with Gasteiger partial charge >= 0.3 is 0 Å². The van der Waals surface area contributed by atoms with Crippen molar-refractivity contribution in [2.45, 2.75) is 31.6 Å². The van der Waals surface area contributed by atoms with Crippen molar-refractivity contribution in [1.29, 1.82) is 0 Å². The molecule has 1 saturated carbocycles. The summed E-state index contributed by atoms with van der Waals surface area (Å²) in [5.41, 5.74) is 5.66. The van der Waals surface area contributed by atoms with Gasteiger partial charge in [0.2, 0.25) is 0 Å². The van der Waals surface area contributed by atoms with Crippen molar-refractivity contribution >= 4 is 5.69 Å². The number of rotatable bonds is 1. The Kier molecular flexibility index (Phi) is 2.40.